The van der Waals surface area contributed by atoms with Gasteiger partial charge in [-0.25, -0.2) is 0 Å². The van der Waals surface area contributed by atoms with E-state index in [1.54, 1.807) is 30.6 Å². The van der Waals surface area contributed by atoms with Crippen LogP contribution in [-0.2, 0) is 4.79 Å². The van der Waals surface area contributed by atoms with E-state index in [1.807, 2.05) is 49.4 Å². The Morgan fingerprint density at radius 1 is 1.10 bits per heavy atom. The smallest absolute Gasteiger partial charge is 0.262 e. The standard InChI is InChI=1S/C22H18N4O3/c1-15-6-4-7-16(12-15)21-25-22(29-26-21)18-9-2-3-10-19(18)28-14-20(27)24-17-8-5-11-23-13-17/h2-13H,14H2,1H3,(H,24,27). The maximum atomic E-state index is 12.1. The van der Waals surface area contributed by atoms with Crippen LogP contribution in [0.1, 0.15) is 5.56 Å². The van der Waals surface area contributed by atoms with E-state index in [2.05, 4.69) is 20.4 Å². The number of benzene rings is 2. The molecule has 0 bridgehead atoms. The van der Waals surface area contributed by atoms with Crippen LogP contribution in [0.3, 0.4) is 0 Å². The molecular formula is C22H18N4O3. The molecule has 2 heterocycles. The summed E-state index contributed by atoms with van der Waals surface area (Å²) in [5, 5.41) is 6.79. The first kappa shape index (κ1) is 18.4. The van der Waals surface area contributed by atoms with Gasteiger partial charge in [-0.05, 0) is 37.3 Å². The van der Waals surface area contributed by atoms with Crippen LogP contribution in [0.5, 0.6) is 5.75 Å². The average Bonchev–Trinajstić information content (AvgIpc) is 3.23. The van der Waals surface area contributed by atoms with E-state index in [-0.39, 0.29) is 12.5 Å². The molecule has 0 atom stereocenters. The molecular weight excluding hydrogens is 368 g/mol. The number of amides is 1. The van der Waals surface area contributed by atoms with Crippen molar-refractivity contribution >= 4 is 11.6 Å². The van der Waals surface area contributed by atoms with Gasteiger partial charge in [0, 0.05) is 11.8 Å². The lowest BCUT2D eigenvalue weighted by Gasteiger charge is -2.09. The molecule has 4 rings (SSSR count). The molecule has 2 aromatic carbocycles. The molecule has 0 aliphatic carbocycles. The first-order chi connectivity index (χ1) is 14.2. The Labute approximate surface area is 167 Å². The van der Waals surface area contributed by atoms with Crippen molar-refractivity contribution in [1.29, 1.82) is 0 Å². The summed E-state index contributed by atoms with van der Waals surface area (Å²) in [5.41, 5.74) is 3.20. The lowest BCUT2D eigenvalue weighted by atomic mass is 10.1. The number of carbonyl (C=O) groups is 1. The van der Waals surface area contributed by atoms with Gasteiger partial charge in [0.1, 0.15) is 5.75 Å². The predicted molar refractivity (Wildman–Crippen MR) is 108 cm³/mol. The third-order valence-electron chi connectivity index (χ3n) is 4.12. The van der Waals surface area contributed by atoms with Crippen LogP contribution in [0.25, 0.3) is 22.8 Å². The second kappa shape index (κ2) is 8.35. The minimum absolute atomic E-state index is 0.162. The van der Waals surface area contributed by atoms with Crippen LogP contribution in [-0.4, -0.2) is 27.6 Å². The minimum Gasteiger partial charge on any atom is -0.483 e. The summed E-state index contributed by atoms with van der Waals surface area (Å²) in [6, 6.07) is 18.6. The Morgan fingerprint density at radius 3 is 2.83 bits per heavy atom. The van der Waals surface area contributed by atoms with Gasteiger partial charge in [0.2, 0.25) is 5.82 Å². The Kier molecular flexibility index (Phi) is 5.29. The normalized spacial score (nSPS) is 10.5. The number of aromatic nitrogens is 3. The molecule has 7 nitrogen and oxygen atoms in total. The lowest BCUT2D eigenvalue weighted by Crippen LogP contribution is -2.20. The van der Waals surface area contributed by atoms with E-state index in [1.165, 1.54) is 0 Å². The molecule has 0 radical (unpaired) electrons. The molecule has 1 amide bonds. The monoisotopic (exact) mass is 386 g/mol. The Hall–Kier alpha value is -4.00. The first-order valence-corrected chi connectivity index (χ1v) is 9.02. The number of hydrogen-bond donors (Lipinski definition) is 1. The highest BCUT2D eigenvalue weighted by Gasteiger charge is 2.16. The van der Waals surface area contributed by atoms with E-state index >= 15 is 0 Å². The second-order valence-electron chi connectivity index (χ2n) is 6.37. The zero-order chi connectivity index (χ0) is 20.1. The van der Waals surface area contributed by atoms with Gasteiger partial charge in [-0.15, -0.1) is 0 Å². The van der Waals surface area contributed by atoms with E-state index in [9.17, 15) is 4.79 Å². The van der Waals surface area contributed by atoms with E-state index < -0.39 is 0 Å². The fourth-order valence-electron chi connectivity index (χ4n) is 2.78. The molecule has 0 saturated carbocycles. The van der Waals surface area contributed by atoms with Crippen molar-refractivity contribution in [1.82, 2.24) is 15.1 Å². The molecule has 144 valence electrons. The van der Waals surface area contributed by atoms with Gasteiger partial charge in [0.25, 0.3) is 11.8 Å². The summed E-state index contributed by atoms with van der Waals surface area (Å²) in [5.74, 6) is 1.00. The van der Waals surface area contributed by atoms with Gasteiger partial charge in [0.15, 0.2) is 6.61 Å². The number of aryl methyl sites for hydroxylation is 1. The molecule has 1 N–H and O–H groups in total. The molecule has 29 heavy (non-hydrogen) atoms. The van der Waals surface area contributed by atoms with Gasteiger partial charge >= 0.3 is 0 Å². The quantitative estimate of drug-likeness (QED) is 0.536. The first-order valence-electron chi connectivity index (χ1n) is 9.02. The summed E-state index contributed by atoms with van der Waals surface area (Å²) in [6.07, 6.45) is 3.20. The molecule has 7 heteroatoms. The maximum absolute atomic E-state index is 12.1. The van der Waals surface area contributed by atoms with Crippen molar-refractivity contribution in [3.63, 3.8) is 0 Å². The van der Waals surface area contributed by atoms with Gasteiger partial charge < -0.3 is 14.6 Å². The van der Waals surface area contributed by atoms with Gasteiger partial charge in [-0.2, -0.15) is 4.98 Å². The summed E-state index contributed by atoms with van der Waals surface area (Å²) >= 11 is 0. The zero-order valence-corrected chi connectivity index (χ0v) is 15.7. The van der Waals surface area contributed by atoms with Crippen LogP contribution in [0.2, 0.25) is 0 Å². The highest BCUT2D eigenvalue weighted by molar-refractivity contribution is 5.91. The molecule has 0 aliphatic rings. The molecule has 0 fully saturated rings. The van der Waals surface area contributed by atoms with Crippen LogP contribution in [0, 0.1) is 6.92 Å². The Bertz CT molecular complexity index is 1130. The number of rotatable bonds is 6. The zero-order valence-electron chi connectivity index (χ0n) is 15.7. The second-order valence-corrected chi connectivity index (χ2v) is 6.37. The van der Waals surface area contributed by atoms with Gasteiger partial charge in [0.05, 0.1) is 17.4 Å². The molecule has 0 aliphatic heterocycles. The molecule has 0 saturated heterocycles. The molecule has 0 spiro atoms. The number of hydrogen-bond acceptors (Lipinski definition) is 6. The number of pyridine rings is 1. The number of ether oxygens (including phenoxy) is 1. The molecule has 0 unspecified atom stereocenters. The number of nitrogens with zero attached hydrogens (tertiary/aromatic N) is 3. The van der Waals surface area contributed by atoms with Crippen LogP contribution in [0.15, 0.2) is 77.6 Å². The third-order valence-corrected chi connectivity index (χ3v) is 4.12. The summed E-state index contributed by atoms with van der Waals surface area (Å²) in [7, 11) is 0. The van der Waals surface area contributed by atoms with Crippen molar-refractivity contribution in [2.45, 2.75) is 6.92 Å². The maximum Gasteiger partial charge on any atom is 0.262 e. The van der Waals surface area contributed by atoms with Gasteiger partial charge in [-0.1, -0.05) is 41.1 Å². The van der Waals surface area contributed by atoms with Crippen LogP contribution < -0.4 is 10.1 Å². The number of para-hydroxylation sites is 1. The number of carbonyl (C=O) groups excluding carboxylic acids is 1. The fraction of sp³-hybridized carbons (Fsp3) is 0.0909. The third kappa shape index (κ3) is 4.47. The largest absolute Gasteiger partial charge is 0.483 e. The molecule has 2 aromatic heterocycles. The number of nitrogens with one attached hydrogen (secondary N) is 1. The van der Waals surface area contributed by atoms with Crippen molar-refractivity contribution in [3.8, 4) is 28.6 Å². The van der Waals surface area contributed by atoms with Gasteiger partial charge in [-0.3, -0.25) is 9.78 Å². The minimum atomic E-state index is -0.293. The topological polar surface area (TPSA) is 90.1 Å². The highest BCUT2D eigenvalue weighted by Crippen LogP contribution is 2.30. The van der Waals surface area contributed by atoms with E-state index in [0.29, 0.717) is 28.7 Å². The highest BCUT2D eigenvalue weighted by atomic mass is 16.5. The summed E-state index contributed by atoms with van der Waals surface area (Å²) in [6.45, 7) is 1.84. The van der Waals surface area contributed by atoms with Crippen LogP contribution in [0.4, 0.5) is 5.69 Å². The van der Waals surface area contributed by atoms with Crippen LogP contribution >= 0.6 is 0 Å². The average molecular weight is 386 g/mol. The van der Waals surface area contributed by atoms with E-state index in [0.717, 1.165) is 11.1 Å². The van der Waals surface area contributed by atoms with Crippen molar-refractivity contribution in [2.24, 2.45) is 0 Å². The predicted octanol–water partition coefficient (Wildman–Crippen LogP) is 4.12. The summed E-state index contributed by atoms with van der Waals surface area (Å²) in [4.78, 5) is 20.6. The SMILES string of the molecule is Cc1cccc(-c2noc(-c3ccccc3OCC(=O)Nc3cccnc3)n2)c1. The Morgan fingerprint density at radius 2 is 2.00 bits per heavy atom. The van der Waals surface area contributed by atoms with E-state index in [4.69, 9.17) is 9.26 Å². The van der Waals surface area contributed by atoms with Crippen molar-refractivity contribution < 1.29 is 14.1 Å². The van der Waals surface area contributed by atoms with Crippen molar-refractivity contribution in [3.05, 3.63) is 78.6 Å². The molecule has 4 aromatic rings. The lowest BCUT2D eigenvalue weighted by molar-refractivity contribution is -0.118. The van der Waals surface area contributed by atoms with Crippen molar-refractivity contribution in [2.75, 3.05) is 11.9 Å². The Balaban J connectivity index is 1.49. The summed E-state index contributed by atoms with van der Waals surface area (Å²) < 4.78 is 11.1. The number of anilines is 1. The fourth-order valence-corrected chi connectivity index (χ4v) is 2.78.